The van der Waals surface area contributed by atoms with Crippen molar-refractivity contribution in [3.63, 3.8) is 0 Å². The van der Waals surface area contributed by atoms with Crippen LogP contribution in [0, 0.1) is 0 Å². The number of amides is 1. The van der Waals surface area contributed by atoms with Gasteiger partial charge in [0.05, 0.1) is 11.9 Å². The van der Waals surface area contributed by atoms with Crippen LogP contribution in [0.15, 0.2) is 42.6 Å². The molecule has 5 nitrogen and oxygen atoms in total. The van der Waals surface area contributed by atoms with Crippen LogP contribution in [-0.4, -0.2) is 17.0 Å². The second-order valence-corrected chi connectivity index (χ2v) is 4.38. The number of nitrogens with zero attached hydrogens (tertiary/aromatic N) is 1. The molecule has 1 unspecified atom stereocenters. The van der Waals surface area contributed by atoms with Crippen LogP contribution in [0.3, 0.4) is 0 Å². The average Bonchev–Trinajstić information content (AvgIpc) is 2.85. The third-order valence-corrected chi connectivity index (χ3v) is 2.99. The van der Waals surface area contributed by atoms with Crippen LogP contribution in [0.5, 0.6) is 5.75 Å². The summed E-state index contributed by atoms with van der Waals surface area (Å²) in [6.45, 7) is 0. The molecule has 1 amide bonds. The Labute approximate surface area is 110 Å². The van der Waals surface area contributed by atoms with E-state index in [1.807, 2.05) is 24.3 Å². The highest BCUT2D eigenvalue weighted by molar-refractivity contribution is 5.95. The molecular weight excluding hydrogens is 242 g/mol. The number of anilines is 2. The van der Waals surface area contributed by atoms with Crippen LogP contribution < -0.4 is 15.8 Å². The van der Waals surface area contributed by atoms with Crippen molar-refractivity contribution < 1.29 is 9.53 Å². The predicted molar refractivity (Wildman–Crippen MR) is 71.8 cm³/mol. The maximum atomic E-state index is 12.1. The summed E-state index contributed by atoms with van der Waals surface area (Å²) in [5, 5.41) is 2.76. The number of fused-ring (bicyclic) bond motifs is 1. The van der Waals surface area contributed by atoms with E-state index in [-0.39, 0.29) is 5.91 Å². The summed E-state index contributed by atoms with van der Waals surface area (Å²) < 4.78 is 5.61. The van der Waals surface area contributed by atoms with Crippen molar-refractivity contribution in [1.29, 1.82) is 0 Å². The summed E-state index contributed by atoms with van der Waals surface area (Å²) in [7, 11) is 0. The maximum absolute atomic E-state index is 12.1. The molecule has 1 aliphatic rings. The Hall–Kier alpha value is -2.56. The number of nitrogens with two attached hydrogens (primary N) is 1. The fraction of sp³-hybridized carbons (Fsp3) is 0.143. The fourth-order valence-electron chi connectivity index (χ4n) is 2.03. The first kappa shape index (κ1) is 11.5. The lowest BCUT2D eigenvalue weighted by Gasteiger charge is -2.11. The molecule has 0 aliphatic carbocycles. The van der Waals surface area contributed by atoms with Crippen molar-refractivity contribution >= 4 is 17.4 Å². The van der Waals surface area contributed by atoms with Crippen LogP contribution in [0.4, 0.5) is 11.5 Å². The zero-order chi connectivity index (χ0) is 13.2. The lowest BCUT2D eigenvalue weighted by atomic mass is 10.1. The summed E-state index contributed by atoms with van der Waals surface area (Å²) in [5.74, 6) is 1.02. The van der Waals surface area contributed by atoms with Crippen LogP contribution >= 0.6 is 0 Å². The number of nitrogen functional groups attached to an aromatic ring is 1. The Morgan fingerprint density at radius 3 is 2.89 bits per heavy atom. The average molecular weight is 255 g/mol. The molecule has 5 heteroatoms. The van der Waals surface area contributed by atoms with E-state index in [4.69, 9.17) is 10.5 Å². The zero-order valence-electron chi connectivity index (χ0n) is 10.2. The Kier molecular flexibility index (Phi) is 2.79. The molecule has 0 saturated carbocycles. The first-order valence-electron chi connectivity index (χ1n) is 5.99. The van der Waals surface area contributed by atoms with Crippen molar-refractivity contribution in [2.45, 2.75) is 12.5 Å². The second kappa shape index (κ2) is 4.61. The Morgan fingerprint density at radius 2 is 2.16 bits per heavy atom. The molecule has 3 N–H and O–H groups in total. The van der Waals surface area contributed by atoms with Crippen LogP contribution in [-0.2, 0) is 11.2 Å². The summed E-state index contributed by atoms with van der Waals surface area (Å²) in [5.41, 5.74) is 7.15. The van der Waals surface area contributed by atoms with Gasteiger partial charge in [-0.25, -0.2) is 4.98 Å². The molecule has 19 heavy (non-hydrogen) atoms. The number of hydrogen-bond donors (Lipinski definition) is 2. The highest BCUT2D eigenvalue weighted by Gasteiger charge is 2.28. The first-order valence-corrected chi connectivity index (χ1v) is 5.99. The minimum absolute atomic E-state index is 0.178. The Morgan fingerprint density at radius 1 is 1.32 bits per heavy atom. The highest BCUT2D eigenvalue weighted by atomic mass is 16.5. The summed E-state index contributed by atoms with van der Waals surface area (Å²) in [4.78, 5) is 16.0. The summed E-state index contributed by atoms with van der Waals surface area (Å²) in [6.07, 6.45) is 1.62. The lowest BCUT2D eigenvalue weighted by molar-refractivity contribution is -0.122. The fourth-order valence-corrected chi connectivity index (χ4v) is 2.03. The highest BCUT2D eigenvalue weighted by Crippen LogP contribution is 2.28. The predicted octanol–water partition coefficient (Wildman–Crippen LogP) is 1.61. The molecule has 0 fully saturated rings. The number of para-hydroxylation sites is 1. The first-order chi connectivity index (χ1) is 9.22. The zero-order valence-corrected chi connectivity index (χ0v) is 10.2. The van der Waals surface area contributed by atoms with Gasteiger partial charge >= 0.3 is 0 Å². The quantitative estimate of drug-likeness (QED) is 0.854. The SMILES string of the molecule is Nc1ccc(NC(=O)C2Cc3ccccc3O2)cn1. The van der Waals surface area contributed by atoms with Crippen LogP contribution in [0.1, 0.15) is 5.56 Å². The topological polar surface area (TPSA) is 77.2 Å². The number of ether oxygens (including phenoxy) is 1. The maximum Gasteiger partial charge on any atom is 0.265 e. The second-order valence-electron chi connectivity index (χ2n) is 4.38. The third kappa shape index (κ3) is 2.35. The van der Waals surface area contributed by atoms with E-state index in [0.717, 1.165) is 11.3 Å². The van der Waals surface area contributed by atoms with Gasteiger partial charge in [-0.15, -0.1) is 0 Å². The van der Waals surface area contributed by atoms with Crippen LogP contribution in [0.2, 0.25) is 0 Å². The lowest BCUT2D eigenvalue weighted by Crippen LogP contribution is -2.31. The van der Waals surface area contributed by atoms with E-state index in [0.29, 0.717) is 17.9 Å². The number of benzene rings is 1. The summed E-state index contributed by atoms with van der Waals surface area (Å²) in [6, 6.07) is 11.0. The van der Waals surface area contributed by atoms with E-state index in [2.05, 4.69) is 10.3 Å². The molecule has 96 valence electrons. The van der Waals surface area contributed by atoms with Gasteiger partial charge in [0.2, 0.25) is 0 Å². The van der Waals surface area contributed by atoms with E-state index in [1.165, 1.54) is 6.20 Å². The van der Waals surface area contributed by atoms with Gasteiger partial charge in [-0.3, -0.25) is 4.79 Å². The Bertz CT molecular complexity index is 585. The summed E-state index contributed by atoms with van der Waals surface area (Å²) >= 11 is 0. The molecule has 1 atom stereocenters. The van der Waals surface area contributed by atoms with E-state index < -0.39 is 6.10 Å². The number of carbonyl (C=O) groups is 1. The molecule has 0 bridgehead atoms. The molecule has 0 saturated heterocycles. The molecule has 2 heterocycles. The molecule has 0 radical (unpaired) electrons. The third-order valence-electron chi connectivity index (χ3n) is 2.99. The monoisotopic (exact) mass is 255 g/mol. The molecule has 1 aliphatic heterocycles. The van der Waals surface area contributed by atoms with Gasteiger partial charge in [0.15, 0.2) is 6.10 Å². The molecular formula is C14H13N3O2. The number of hydrogen-bond acceptors (Lipinski definition) is 4. The van der Waals surface area contributed by atoms with E-state index in [1.54, 1.807) is 12.1 Å². The van der Waals surface area contributed by atoms with Crippen molar-refractivity contribution in [1.82, 2.24) is 4.98 Å². The standard InChI is InChI=1S/C14H13N3O2/c15-13-6-5-10(8-16-13)17-14(18)12-7-9-3-1-2-4-11(9)19-12/h1-6,8,12H,7H2,(H2,15,16)(H,17,18). The Balaban J connectivity index is 1.68. The van der Waals surface area contributed by atoms with Crippen molar-refractivity contribution in [3.05, 3.63) is 48.2 Å². The van der Waals surface area contributed by atoms with Gasteiger partial charge < -0.3 is 15.8 Å². The smallest absolute Gasteiger partial charge is 0.265 e. The normalized spacial score (nSPS) is 16.5. The van der Waals surface area contributed by atoms with Crippen molar-refractivity contribution in [3.8, 4) is 5.75 Å². The molecule has 1 aromatic carbocycles. The minimum Gasteiger partial charge on any atom is -0.480 e. The van der Waals surface area contributed by atoms with Gasteiger partial charge in [-0.2, -0.15) is 0 Å². The molecule has 1 aromatic heterocycles. The van der Waals surface area contributed by atoms with E-state index in [9.17, 15) is 4.79 Å². The van der Waals surface area contributed by atoms with Gasteiger partial charge in [0.25, 0.3) is 5.91 Å². The number of pyridine rings is 1. The van der Waals surface area contributed by atoms with Gasteiger partial charge in [-0.05, 0) is 23.8 Å². The van der Waals surface area contributed by atoms with Gasteiger partial charge in [0, 0.05) is 6.42 Å². The largest absolute Gasteiger partial charge is 0.480 e. The van der Waals surface area contributed by atoms with Crippen LogP contribution in [0.25, 0.3) is 0 Å². The molecule has 2 aromatic rings. The van der Waals surface area contributed by atoms with Gasteiger partial charge in [-0.1, -0.05) is 18.2 Å². The van der Waals surface area contributed by atoms with E-state index >= 15 is 0 Å². The molecule has 3 rings (SSSR count). The van der Waals surface area contributed by atoms with Crippen molar-refractivity contribution in [2.75, 3.05) is 11.1 Å². The minimum atomic E-state index is -0.491. The number of carbonyl (C=O) groups excluding carboxylic acids is 1. The number of aromatic nitrogens is 1. The number of rotatable bonds is 2. The van der Waals surface area contributed by atoms with Gasteiger partial charge in [0.1, 0.15) is 11.6 Å². The number of nitrogens with one attached hydrogen (secondary N) is 1. The molecule has 0 spiro atoms. The van der Waals surface area contributed by atoms with Crippen molar-refractivity contribution in [2.24, 2.45) is 0 Å².